The summed E-state index contributed by atoms with van der Waals surface area (Å²) in [5.74, 6) is 3.81. The standard InChI is InChI=1S/C15H23N5O/c1-4-14-17-18-15-6-5-12(9-20(14)15)7-16-8-13-10(2)19-21-11(13)3/h12,16H,4-9H2,1-3H3/t12-/m1/s1. The molecule has 21 heavy (non-hydrogen) atoms. The van der Waals surface area contributed by atoms with Gasteiger partial charge in [0.25, 0.3) is 0 Å². The van der Waals surface area contributed by atoms with Crippen LogP contribution in [0.5, 0.6) is 0 Å². The van der Waals surface area contributed by atoms with Crippen LogP contribution in [0, 0.1) is 19.8 Å². The summed E-state index contributed by atoms with van der Waals surface area (Å²) in [6.45, 7) is 8.95. The topological polar surface area (TPSA) is 68.8 Å². The molecule has 0 aromatic carbocycles. The summed E-state index contributed by atoms with van der Waals surface area (Å²) in [6.07, 6.45) is 3.16. The van der Waals surface area contributed by atoms with Crippen LogP contribution in [0.2, 0.25) is 0 Å². The van der Waals surface area contributed by atoms with E-state index in [9.17, 15) is 0 Å². The van der Waals surface area contributed by atoms with Crippen LogP contribution in [0.3, 0.4) is 0 Å². The Bertz CT molecular complexity index is 583. The van der Waals surface area contributed by atoms with Crippen LogP contribution in [0.25, 0.3) is 0 Å². The summed E-state index contributed by atoms with van der Waals surface area (Å²) in [5, 5.41) is 16.1. The molecule has 3 rings (SSSR count). The van der Waals surface area contributed by atoms with Crippen molar-refractivity contribution in [2.45, 2.75) is 53.1 Å². The third-order valence-electron chi connectivity index (χ3n) is 4.35. The number of aromatic nitrogens is 4. The summed E-state index contributed by atoms with van der Waals surface area (Å²) in [5.41, 5.74) is 2.17. The highest BCUT2D eigenvalue weighted by Crippen LogP contribution is 2.20. The molecule has 1 aliphatic heterocycles. The highest BCUT2D eigenvalue weighted by molar-refractivity contribution is 5.20. The molecule has 0 spiro atoms. The minimum Gasteiger partial charge on any atom is -0.361 e. The highest BCUT2D eigenvalue weighted by atomic mass is 16.5. The van der Waals surface area contributed by atoms with E-state index in [1.54, 1.807) is 0 Å². The predicted octanol–water partition coefficient (Wildman–Crippen LogP) is 1.80. The van der Waals surface area contributed by atoms with E-state index in [2.05, 4.69) is 32.2 Å². The van der Waals surface area contributed by atoms with Crippen LogP contribution < -0.4 is 5.32 Å². The first kappa shape index (κ1) is 14.3. The molecular weight excluding hydrogens is 266 g/mol. The van der Waals surface area contributed by atoms with Gasteiger partial charge in [0.05, 0.1) is 5.69 Å². The lowest BCUT2D eigenvalue weighted by Gasteiger charge is -2.24. The van der Waals surface area contributed by atoms with Gasteiger partial charge >= 0.3 is 0 Å². The van der Waals surface area contributed by atoms with Crippen molar-refractivity contribution >= 4 is 0 Å². The van der Waals surface area contributed by atoms with Gasteiger partial charge in [0.2, 0.25) is 0 Å². The molecule has 6 nitrogen and oxygen atoms in total. The Labute approximate surface area is 124 Å². The Morgan fingerprint density at radius 3 is 2.90 bits per heavy atom. The van der Waals surface area contributed by atoms with Crippen LogP contribution in [0.15, 0.2) is 4.52 Å². The zero-order chi connectivity index (χ0) is 14.8. The van der Waals surface area contributed by atoms with Crippen LogP contribution in [-0.4, -0.2) is 26.5 Å². The number of nitrogens with zero attached hydrogens (tertiary/aromatic N) is 4. The van der Waals surface area contributed by atoms with Gasteiger partial charge in [-0.2, -0.15) is 0 Å². The molecule has 1 N–H and O–H groups in total. The lowest BCUT2D eigenvalue weighted by atomic mass is 9.99. The van der Waals surface area contributed by atoms with Gasteiger partial charge in [-0.25, -0.2) is 0 Å². The second-order valence-electron chi connectivity index (χ2n) is 5.83. The van der Waals surface area contributed by atoms with Crippen molar-refractivity contribution in [3.8, 4) is 0 Å². The van der Waals surface area contributed by atoms with E-state index in [-0.39, 0.29) is 0 Å². The molecule has 0 aliphatic carbocycles. The molecule has 0 saturated carbocycles. The quantitative estimate of drug-likeness (QED) is 0.909. The van der Waals surface area contributed by atoms with Crippen molar-refractivity contribution in [2.24, 2.45) is 5.92 Å². The minimum atomic E-state index is 0.638. The molecule has 0 radical (unpaired) electrons. The van der Waals surface area contributed by atoms with E-state index in [1.165, 1.54) is 12.0 Å². The van der Waals surface area contributed by atoms with Crippen molar-refractivity contribution in [3.05, 3.63) is 28.7 Å². The fourth-order valence-corrected chi connectivity index (χ4v) is 3.03. The molecule has 2 aromatic rings. The van der Waals surface area contributed by atoms with E-state index >= 15 is 0 Å². The molecule has 0 fully saturated rings. The Hall–Kier alpha value is -1.69. The van der Waals surface area contributed by atoms with Crippen molar-refractivity contribution in [3.63, 3.8) is 0 Å². The van der Waals surface area contributed by atoms with Crippen LogP contribution in [-0.2, 0) is 25.9 Å². The summed E-state index contributed by atoms with van der Waals surface area (Å²) >= 11 is 0. The molecular formula is C15H23N5O. The van der Waals surface area contributed by atoms with Crippen LogP contribution in [0.4, 0.5) is 0 Å². The molecule has 114 valence electrons. The normalized spacial score (nSPS) is 18.0. The molecule has 0 amide bonds. The maximum absolute atomic E-state index is 5.19. The second-order valence-corrected chi connectivity index (χ2v) is 5.83. The van der Waals surface area contributed by atoms with Crippen molar-refractivity contribution in [1.82, 2.24) is 25.2 Å². The largest absolute Gasteiger partial charge is 0.361 e. The van der Waals surface area contributed by atoms with Crippen LogP contribution >= 0.6 is 0 Å². The first-order valence-electron chi connectivity index (χ1n) is 7.72. The van der Waals surface area contributed by atoms with Gasteiger partial charge in [-0.3, -0.25) is 0 Å². The number of fused-ring (bicyclic) bond motifs is 1. The lowest BCUT2D eigenvalue weighted by Crippen LogP contribution is -2.30. The third-order valence-corrected chi connectivity index (χ3v) is 4.35. The summed E-state index contributed by atoms with van der Waals surface area (Å²) < 4.78 is 7.49. The Kier molecular flexibility index (Phi) is 4.05. The van der Waals surface area contributed by atoms with Gasteiger partial charge in [-0.1, -0.05) is 12.1 Å². The van der Waals surface area contributed by atoms with Gasteiger partial charge in [-0.05, 0) is 32.7 Å². The Morgan fingerprint density at radius 2 is 2.19 bits per heavy atom. The molecule has 0 saturated heterocycles. The van der Waals surface area contributed by atoms with Gasteiger partial charge in [0, 0.05) is 31.5 Å². The molecule has 2 aromatic heterocycles. The first-order chi connectivity index (χ1) is 10.2. The average molecular weight is 289 g/mol. The van der Waals surface area contributed by atoms with E-state index in [4.69, 9.17) is 4.52 Å². The summed E-state index contributed by atoms with van der Waals surface area (Å²) in [6, 6.07) is 0. The third kappa shape index (κ3) is 2.85. The number of nitrogens with one attached hydrogen (secondary N) is 1. The fourth-order valence-electron chi connectivity index (χ4n) is 3.03. The van der Waals surface area contributed by atoms with E-state index in [0.29, 0.717) is 5.92 Å². The zero-order valence-corrected chi connectivity index (χ0v) is 13.0. The maximum Gasteiger partial charge on any atom is 0.138 e. The minimum absolute atomic E-state index is 0.638. The first-order valence-corrected chi connectivity index (χ1v) is 7.72. The maximum atomic E-state index is 5.19. The molecule has 0 bridgehead atoms. The fraction of sp³-hybridized carbons (Fsp3) is 0.667. The summed E-state index contributed by atoms with van der Waals surface area (Å²) in [4.78, 5) is 0. The van der Waals surface area contributed by atoms with Gasteiger partial charge in [0.1, 0.15) is 17.4 Å². The van der Waals surface area contributed by atoms with Gasteiger partial charge in [0.15, 0.2) is 0 Å². The van der Waals surface area contributed by atoms with E-state index < -0.39 is 0 Å². The van der Waals surface area contributed by atoms with Gasteiger partial charge < -0.3 is 14.4 Å². The lowest BCUT2D eigenvalue weighted by molar-refractivity contribution is 0.342. The Morgan fingerprint density at radius 1 is 1.33 bits per heavy atom. The molecule has 6 heteroatoms. The number of hydrogen-bond donors (Lipinski definition) is 1. The van der Waals surface area contributed by atoms with Crippen molar-refractivity contribution < 1.29 is 4.52 Å². The molecule has 0 unspecified atom stereocenters. The SMILES string of the molecule is CCc1nnc2n1C[C@@H](CNCc1c(C)noc1C)CC2. The molecule has 3 heterocycles. The molecule has 1 aliphatic rings. The number of hydrogen-bond acceptors (Lipinski definition) is 5. The summed E-state index contributed by atoms with van der Waals surface area (Å²) in [7, 11) is 0. The van der Waals surface area contributed by atoms with Crippen molar-refractivity contribution in [1.29, 1.82) is 0 Å². The highest BCUT2D eigenvalue weighted by Gasteiger charge is 2.22. The Balaban J connectivity index is 1.55. The van der Waals surface area contributed by atoms with E-state index in [1.807, 2.05) is 13.8 Å². The van der Waals surface area contributed by atoms with Gasteiger partial charge in [-0.15, -0.1) is 10.2 Å². The predicted molar refractivity (Wildman–Crippen MR) is 78.9 cm³/mol. The number of rotatable bonds is 5. The molecule has 1 atom stereocenters. The monoisotopic (exact) mass is 289 g/mol. The second kappa shape index (κ2) is 5.97. The zero-order valence-electron chi connectivity index (χ0n) is 13.0. The van der Waals surface area contributed by atoms with Crippen LogP contribution in [0.1, 0.15) is 42.0 Å². The van der Waals surface area contributed by atoms with E-state index in [0.717, 1.165) is 55.6 Å². The number of aryl methyl sites for hydroxylation is 4. The van der Waals surface area contributed by atoms with Crippen molar-refractivity contribution in [2.75, 3.05) is 6.54 Å². The average Bonchev–Trinajstić information content (AvgIpc) is 3.04. The smallest absolute Gasteiger partial charge is 0.138 e.